The van der Waals surface area contributed by atoms with E-state index >= 15 is 0 Å². The van der Waals surface area contributed by atoms with Crippen LogP contribution in [0.1, 0.15) is 25.7 Å². The third kappa shape index (κ3) is 1.58. The molecule has 0 saturated heterocycles. The van der Waals surface area contributed by atoms with Gasteiger partial charge >= 0.3 is 0 Å². The molecular weight excluding hydrogens is 124 g/mol. The van der Waals surface area contributed by atoms with E-state index in [1.54, 1.807) is 0 Å². The van der Waals surface area contributed by atoms with Crippen molar-refractivity contribution in [2.75, 3.05) is 0 Å². The molecule has 10 heavy (non-hydrogen) atoms. The topological polar surface area (TPSA) is 49.8 Å². The molecule has 0 aromatic heterocycles. The minimum Gasteiger partial charge on any atom is -0.313 e. The van der Waals surface area contributed by atoms with Crippen LogP contribution in [0.5, 0.6) is 0 Å². The van der Waals surface area contributed by atoms with Gasteiger partial charge in [-0.15, -0.1) is 0 Å². The van der Waals surface area contributed by atoms with E-state index in [0.29, 0.717) is 0 Å². The monoisotopic (exact) mass is 136 g/mol. The lowest BCUT2D eigenvalue weighted by atomic mass is 9.93. The maximum Gasteiger partial charge on any atom is 0.104 e. The third-order valence-electron chi connectivity index (χ3n) is 1.90. The molecule has 2 nitrogen and oxygen atoms in total. The molecule has 1 aliphatic rings. The summed E-state index contributed by atoms with van der Waals surface area (Å²) >= 11 is 0. The summed E-state index contributed by atoms with van der Waals surface area (Å²) in [5, 5.41) is 8.67. The molecule has 0 amide bonds. The quantitative estimate of drug-likeness (QED) is 0.511. The third-order valence-corrected chi connectivity index (χ3v) is 1.90. The Labute approximate surface area is 61.3 Å². The van der Waals surface area contributed by atoms with Crippen molar-refractivity contribution in [2.24, 2.45) is 5.73 Å². The largest absolute Gasteiger partial charge is 0.313 e. The van der Waals surface area contributed by atoms with Gasteiger partial charge in [-0.05, 0) is 25.7 Å². The highest BCUT2D eigenvalue weighted by molar-refractivity contribution is 5.08. The van der Waals surface area contributed by atoms with Crippen LogP contribution in [0.4, 0.5) is 0 Å². The predicted octanol–water partition coefficient (Wildman–Crippen LogP) is 1.34. The molecule has 2 heteroatoms. The van der Waals surface area contributed by atoms with Gasteiger partial charge in [-0.25, -0.2) is 0 Å². The molecule has 0 saturated carbocycles. The summed E-state index contributed by atoms with van der Waals surface area (Å²) in [7, 11) is 0. The number of nitrogens with two attached hydrogens (primary N) is 1. The number of hydrogen-bond acceptors (Lipinski definition) is 2. The molecule has 1 rings (SSSR count). The van der Waals surface area contributed by atoms with Gasteiger partial charge in [0.05, 0.1) is 6.07 Å². The van der Waals surface area contributed by atoms with Crippen molar-refractivity contribution < 1.29 is 0 Å². The van der Waals surface area contributed by atoms with Crippen molar-refractivity contribution in [1.82, 2.24) is 0 Å². The highest BCUT2D eigenvalue weighted by atomic mass is 14.7. The summed E-state index contributed by atoms with van der Waals surface area (Å²) in [4.78, 5) is 0. The minimum atomic E-state index is -0.552. The first-order valence-electron chi connectivity index (χ1n) is 3.62. The van der Waals surface area contributed by atoms with E-state index in [9.17, 15) is 0 Å². The summed E-state index contributed by atoms with van der Waals surface area (Å²) in [6.07, 6.45) is 7.71. The first kappa shape index (κ1) is 7.30. The Bertz CT molecular complexity index is 166. The minimum absolute atomic E-state index is 0.552. The van der Waals surface area contributed by atoms with Crippen LogP contribution in [0, 0.1) is 11.3 Å². The second kappa shape index (κ2) is 2.85. The second-order valence-electron chi connectivity index (χ2n) is 2.82. The second-order valence-corrected chi connectivity index (χ2v) is 2.82. The van der Waals surface area contributed by atoms with Crippen molar-refractivity contribution in [2.45, 2.75) is 31.2 Å². The molecule has 0 aromatic carbocycles. The average molecular weight is 136 g/mol. The molecule has 0 fully saturated rings. The lowest BCUT2D eigenvalue weighted by molar-refractivity contribution is 0.480. The highest BCUT2D eigenvalue weighted by Crippen LogP contribution is 2.19. The normalized spacial score (nSPS) is 23.2. The Morgan fingerprint density at radius 1 is 1.30 bits per heavy atom. The van der Waals surface area contributed by atoms with E-state index in [0.717, 1.165) is 25.7 Å². The van der Waals surface area contributed by atoms with Crippen molar-refractivity contribution in [3.63, 3.8) is 0 Å². The van der Waals surface area contributed by atoms with Crippen LogP contribution < -0.4 is 5.73 Å². The summed E-state index contributed by atoms with van der Waals surface area (Å²) in [6, 6.07) is 2.16. The number of hydrogen-bond donors (Lipinski definition) is 1. The van der Waals surface area contributed by atoms with Gasteiger partial charge in [0.25, 0.3) is 0 Å². The van der Waals surface area contributed by atoms with Gasteiger partial charge in [0, 0.05) is 0 Å². The zero-order chi connectivity index (χ0) is 7.45. The molecule has 0 spiro atoms. The van der Waals surface area contributed by atoms with Gasteiger partial charge in [0.1, 0.15) is 5.54 Å². The zero-order valence-electron chi connectivity index (χ0n) is 6.01. The van der Waals surface area contributed by atoms with E-state index in [4.69, 9.17) is 11.0 Å². The van der Waals surface area contributed by atoms with E-state index in [-0.39, 0.29) is 0 Å². The number of nitriles is 1. The average Bonchev–Trinajstić information content (AvgIpc) is 2.15. The van der Waals surface area contributed by atoms with Gasteiger partial charge in [0.2, 0.25) is 0 Å². The fraction of sp³-hybridized carbons (Fsp3) is 0.625. The van der Waals surface area contributed by atoms with Gasteiger partial charge < -0.3 is 5.73 Å². The van der Waals surface area contributed by atoms with Crippen LogP contribution in [-0.2, 0) is 0 Å². The lowest BCUT2D eigenvalue weighted by Gasteiger charge is -2.17. The Morgan fingerprint density at radius 2 is 1.80 bits per heavy atom. The van der Waals surface area contributed by atoms with E-state index < -0.39 is 5.54 Å². The predicted molar refractivity (Wildman–Crippen MR) is 40.1 cm³/mol. The van der Waals surface area contributed by atoms with E-state index in [1.165, 1.54) is 0 Å². The molecule has 0 bridgehead atoms. The Kier molecular flexibility index (Phi) is 2.08. The Balaban J connectivity index is 2.57. The highest BCUT2D eigenvalue weighted by Gasteiger charge is 2.23. The van der Waals surface area contributed by atoms with Crippen LogP contribution in [0.2, 0.25) is 0 Å². The van der Waals surface area contributed by atoms with Crippen molar-refractivity contribution in [3.8, 4) is 6.07 Å². The first-order chi connectivity index (χ1) is 4.77. The van der Waals surface area contributed by atoms with Gasteiger partial charge in [-0.3, -0.25) is 0 Å². The van der Waals surface area contributed by atoms with Gasteiger partial charge in [-0.2, -0.15) is 5.26 Å². The molecule has 0 heterocycles. The fourth-order valence-corrected chi connectivity index (χ4v) is 1.15. The van der Waals surface area contributed by atoms with Gasteiger partial charge in [-0.1, -0.05) is 12.2 Å². The number of nitrogens with zero attached hydrogens (tertiary/aromatic N) is 1. The summed E-state index contributed by atoms with van der Waals surface area (Å²) in [5.41, 5.74) is 5.21. The molecular formula is C8H12N2. The molecule has 0 aromatic rings. The summed E-state index contributed by atoms with van der Waals surface area (Å²) in [6.45, 7) is 0. The molecule has 0 unspecified atom stereocenters. The number of allylic oxidation sites excluding steroid dienone is 2. The van der Waals surface area contributed by atoms with Crippen molar-refractivity contribution in [3.05, 3.63) is 12.2 Å². The zero-order valence-corrected chi connectivity index (χ0v) is 6.01. The molecule has 0 atom stereocenters. The maximum atomic E-state index is 8.67. The summed E-state index contributed by atoms with van der Waals surface area (Å²) < 4.78 is 0. The first-order valence-corrected chi connectivity index (χ1v) is 3.62. The molecule has 0 radical (unpaired) electrons. The SMILES string of the molecule is N#CC1(N)CCC=CCC1. The van der Waals surface area contributed by atoms with Crippen LogP contribution >= 0.6 is 0 Å². The van der Waals surface area contributed by atoms with Crippen LogP contribution in [0.25, 0.3) is 0 Å². The molecule has 1 aliphatic carbocycles. The van der Waals surface area contributed by atoms with Crippen LogP contribution in [0.15, 0.2) is 12.2 Å². The Morgan fingerprint density at radius 3 is 2.20 bits per heavy atom. The lowest BCUT2D eigenvalue weighted by Crippen LogP contribution is -2.37. The molecule has 0 aliphatic heterocycles. The molecule has 54 valence electrons. The van der Waals surface area contributed by atoms with Crippen LogP contribution in [0.3, 0.4) is 0 Å². The Hall–Kier alpha value is -0.810. The van der Waals surface area contributed by atoms with Crippen LogP contribution in [-0.4, -0.2) is 5.54 Å². The van der Waals surface area contributed by atoms with Gasteiger partial charge in [0.15, 0.2) is 0 Å². The van der Waals surface area contributed by atoms with Crippen molar-refractivity contribution in [1.29, 1.82) is 5.26 Å². The summed E-state index contributed by atoms with van der Waals surface area (Å²) in [5.74, 6) is 0. The fourth-order valence-electron chi connectivity index (χ4n) is 1.15. The van der Waals surface area contributed by atoms with E-state index in [1.807, 2.05) is 0 Å². The van der Waals surface area contributed by atoms with E-state index in [2.05, 4.69) is 18.2 Å². The van der Waals surface area contributed by atoms with Crippen molar-refractivity contribution >= 4 is 0 Å². The standard InChI is InChI=1S/C8H12N2/c9-7-8(10)5-3-1-2-4-6-8/h1-2H,3-6,10H2. The smallest absolute Gasteiger partial charge is 0.104 e. The number of rotatable bonds is 0. The maximum absolute atomic E-state index is 8.67. The molecule has 2 N–H and O–H groups in total.